The van der Waals surface area contributed by atoms with Crippen molar-refractivity contribution in [1.82, 2.24) is 0 Å². The van der Waals surface area contributed by atoms with E-state index in [0.29, 0.717) is 23.3 Å². The Bertz CT molecular complexity index is 1030. The first-order valence-electron chi connectivity index (χ1n) is 8.71. The van der Waals surface area contributed by atoms with Crippen LogP contribution in [0.5, 0.6) is 17.2 Å². The van der Waals surface area contributed by atoms with Crippen LogP contribution in [-0.2, 0) is 0 Å². The smallest absolute Gasteiger partial charge is 0.387 e. The van der Waals surface area contributed by atoms with Crippen LogP contribution in [0.3, 0.4) is 0 Å². The summed E-state index contributed by atoms with van der Waals surface area (Å²) in [5, 5.41) is 0.452. The van der Waals surface area contributed by atoms with Gasteiger partial charge in [0.05, 0.1) is 5.56 Å². The minimum Gasteiger partial charge on any atom is -0.490 e. The molecule has 0 saturated heterocycles. The van der Waals surface area contributed by atoms with Crippen molar-refractivity contribution in [2.24, 2.45) is 0 Å². The molecular weight excluding hydrogens is 385 g/mol. The van der Waals surface area contributed by atoms with Gasteiger partial charge in [0.2, 0.25) is 0 Å². The molecule has 0 aliphatic carbocycles. The van der Waals surface area contributed by atoms with Crippen molar-refractivity contribution >= 4 is 16.7 Å². The zero-order valence-electron chi connectivity index (χ0n) is 15.4. The van der Waals surface area contributed by atoms with Gasteiger partial charge < -0.3 is 14.2 Å². The molecule has 7 heteroatoms. The maximum atomic E-state index is 14.3. The summed E-state index contributed by atoms with van der Waals surface area (Å²) in [4.78, 5) is 12.3. The van der Waals surface area contributed by atoms with E-state index in [2.05, 4.69) is 4.74 Å². The van der Waals surface area contributed by atoms with Gasteiger partial charge in [0.1, 0.15) is 18.1 Å². The van der Waals surface area contributed by atoms with Crippen LogP contribution in [0.4, 0.5) is 13.2 Å². The Morgan fingerprint density at radius 1 is 1.03 bits per heavy atom. The maximum absolute atomic E-state index is 14.3. The fourth-order valence-electron chi connectivity index (χ4n) is 2.59. The largest absolute Gasteiger partial charge is 0.490 e. The normalized spacial score (nSPS) is 11.2. The number of hydrogen-bond acceptors (Lipinski definition) is 4. The highest BCUT2D eigenvalue weighted by Gasteiger charge is 2.14. The van der Waals surface area contributed by atoms with Gasteiger partial charge in [-0.25, -0.2) is 9.18 Å². The lowest BCUT2D eigenvalue weighted by Gasteiger charge is -2.10. The number of allylic oxidation sites excluding steroid dienone is 1. The molecule has 0 atom stereocenters. The fourth-order valence-corrected chi connectivity index (χ4v) is 2.59. The van der Waals surface area contributed by atoms with E-state index in [9.17, 15) is 18.0 Å². The number of hydrogen-bond donors (Lipinski definition) is 0. The van der Waals surface area contributed by atoms with Crippen molar-refractivity contribution in [2.75, 3.05) is 6.61 Å². The number of esters is 1. The summed E-state index contributed by atoms with van der Waals surface area (Å²) in [6.45, 7) is -0.806. The highest BCUT2D eigenvalue weighted by molar-refractivity contribution is 5.92. The van der Waals surface area contributed by atoms with Gasteiger partial charge in [0.25, 0.3) is 0 Å². The first-order valence-corrected chi connectivity index (χ1v) is 8.71. The molecule has 0 heterocycles. The van der Waals surface area contributed by atoms with Gasteiger partial charge in [-0.05, 0) is 60.8 Å². The summed E-state index contributed by atoms with van der Waals surface area (Å²) in [6, 6.07) is 13.1. The molecule has 3 aromatic rings. The second-order valence-electron chi connectivity index (χ2n) is 5.93. The molecule has 150 valence electrons. The summed E-state index contributed by atoms with van der Waals surface area (Å²) >= 11 is 0. The predicted molar refractivity (Wildman–Crippen MR) is 102 cm³/mol. The molecule has 0 N–H and O–H groups in total. The summed E-state index contributed by atoms with van der Waals surface area (Å²) in [6.07, 6.45) is 3.72. The Hall–Kier alpha value is -3.48. The first-order chi connectivity index (χ1) is 14.0. The molecule has 0 bridgehead atoms. The van der Waals surface area contributed by atoms with E-state index in [1.165, 1.54) is 24.3 Å². The van der Waals surface area contributed by atoms with Crippen molar-refractivity contribution in [3.8, 4) is 17.2 Å². The van der Waals surface area contributed by atoms with E-state index in [-0.39, 0.29) is 11.1 Å². The van der Waals surface area contributed by atoms with Gasteiger partial charge in [0, 0.05) is 5.39 Å². The molecule has 4 nitrogen and oxygen atoms in total. The summed E-state index contributed by atoms with van der Waals surface area (Å²) < 4.78 is 53.8. The van der Waals surface area contributed by atoms with Gasteiger partial charge in [-0.1, -0.05) is 18.2 Å². The minimum absolute atomic E-state index is 0.0746. The van der Waals surface area contributed by atoms with Crippen LogP contribution in [0.2, 0.25) is 0 Å². The molecule has 0 saturated carbocycles. The second kappa shape index (κ2) is 9.14. The van der Waals surface area contributed by atoms with Crippen molar-refractivity contribution in [2.45, 2.75) is 13.5 Å². The van der Waals surface area contributed by atoms with Gasteiger partial charge in [0.15, 0.2) is 11.6 Å². The van der Waals surface area contributed by atoms with Crippen LogP contribution in [-0.4, -0.2) is 19.2 Å². The van der Waals surface area contributed by atoms with Crippen molar-refractivity contribution in [1.29, 1.82) is 0 Å². The number of ether oxygens (including phenoxy) is 3. The molecular formula is C22H17F3O4. The third kappa shape index (κ3) is 5.07. The lowest BCUT2D eigenvalue weighted by atomic mass is 10.1. The number of carbonyl (C=O) groups is 1. The zero-order chi connectivity index (χ0) is 20.8. The third-order valence-electron chi connectivity index (χ3n) is 3.99. The highest BCUT2D eigenvalue weighted by atomic mass is 19.3. The van der Waals surface area contributed by atoms with Gasteiger partial charge in [-0.2, -0.15) is 8.78 Å². The van der Waals surface area contributed by atoms with Crippen LogP contribution in [0, 0.1) is 5.82 Å². The molecule has 0 aliphatic rings. The molecule has 0 spiro atoms. The monoisotopic (exact) mass is 402 g/mol. The zero-order valence-corrected chi connectivity index (χ0v) is 15.4. The number of halogens is 3. The van der Waals surface area contributed by atoms with Crippen molar-refractivity contribution in [3.05, 3.63) is 78.1 Å². The molecule has 0 amide bonds. The minimum atomic E-state index is -3.12. The Labute approximate surface area is 165 Å². The summed E-state index contributed by atoms with van der Waals surface area (Å²) in [5.41, 5.74) is 0.315. The fraction of sp³-hybridized carbons (Fsp3) is 0.136. The van der Waals surface area contributed by atoms with E-state index in [4.69, 9.17) is 9.47 Å². The Balaban J connectivity index is 1.73. The Morgan fingerprint density at radius 2 is 1.76 bits per heavy atom. The SMILES string of the molecule is CC=CCOc1ccc(C(=O)Oc2ccc3c(F)c(OC(F)F)ccc3c2)cc1. The predicted octanol–water partition coefficient (Wildman–Crippen LogP) is 5.75. The molecule has 0 radical (unpaired) electrons. The molecule has 0 fully saturated rings. The Kier molecular flexibility index (Phi) is 6.39. The quantitative estimate of drug-likeness (QED) is 0.287. The standard InChI is InChI=1S/C22H17F3O4/c1-2-3-12-27-16-7-4-14(5-8-16)21(26)28-17-9-10-18-15(13-17)6-11-19(20(18)23)29-22(24)25/h2-11,13,22H,12H2,1H3. The third-order valence-corrected chi connectivity index (χ3v) is 3.99. The van der Waals surface area contributed by atoms with Crippen molar-refractivity contribution in [3.63, 3.8) is 0 Å². The van der Waals surface area contributed by atoms with Crippen LogP contribution in [0.1, 0.15) is 17.3 Å². The van der Waals surface area contributed by atoms with Gasteiger partial charge in [-0.15, -0.1) is 0 Å². The molecule has 0 aliphatic heterocycles. The number of benzene rings is 3. The average Bonchev–Trinajstić information content (AvgIpc) is 2.70. The molecule has 0 unspecified atom stereocenters. The van der Waals surface area contributed by atoms with Crippen LogP contribution in [0.25, 0.3) is 10.8 Å². The van der Waals surface area contributed by atoms with E-state index in [1.807, 2.05) is 19.1 Å². The lowest BCUT2D eigenvalue weighted by molar-refractivity contribution is -0.0520. The highest BCUT2D eigenvalue weighted by Crippen LogP contribution is 2.30. The van der Waals surface area contributed by atoms with Gasteiger partial charge in [-0.3, -0.25) is 0 Å². The summed E-state index contributed by atoms with van der Waals surface area (Å²) in [5.74, 6) is -1.24. The van der Waals surface area contributed by atoms with Crippen molar-refractivity contribution < 1.29 is 32.2 Å². The maximum Gasteiger partial charge on any atom is 0.387 e. The van der Waals surface area contributed by atoms with E-state index < -0.39 is 24.1 Å². The average molecular weight is 402 g/mol. The molecule has 3 aromatic carbocycles. The number of rotatable bonds is 7. The molecule has 3 rings (SSSR count). The van der Waals surface area contributed by atoms with E-state index in [1.54, 1.807) is 24.3 Å². The van der Waals surface area contributed by atoms with Crippen LogP contribution in [0.15, 0.2) is 66.7 Å². The molecule has 0 aromatic heterocycles. The van der Waals surface area contributed by atoms with Gasteiger partial charge >= 0.3 is 12.6 Å². The van der Waals surface area contributed by atoms with Crippen LogP contribution < -0.4 is 14.2 Å². The molecule has 29 heavy (non-hydrogen) atoms. The lowest BCUT2D eigenvalue weighted by Crippen LogP contribution is -2.08. The second-order valence-corrected chi connectivity index (χ2v) is 5.93. The van der Waals surface area contributed by atoms with E-state index >= 15 is 0 Å². The first kappa shape index (κ1) is 20.3. The topological polar surface area (TPSA) is 44.8 Å². The summed E-state index contributed by atoms with van der Waals surface area (Å²) in [7, 11) is 0. The number of alkyl halides is 2. The van der Waals surface area contributed by atoms with Crippen LogP contribution >= 0.6 is 0 Å². The number of carbonyl (C=O) groups excluding carboxylic acids is 1. The van der Waals surface area contributed by atoms with E-state index in [0.717, 1.165) is 6.07 Å². The Morgan fingerprint density at radius 3 is 2.45 bits per heavy atom. The number of fused-ring (bicyclic) bond motifs is 1.